The second-order valence-electron chi connectivity index (χ2n) is 10.2. The van der Waals surface area contributed by atoms with E-state index in [2.05, 4.69) is 34.2 Å². The zero-order valence-electron chi connectivity index (χ0n) is 21.7. The second kappa shape index (κ2) is 12.7. The maximum Gasteiger partial charge on any atom is 0.251 e. The number of hydrogen-bond donors (Lipinski definition) is 3. The SMILES string of the molecule is Cc1c(OCCCN2CCC(O)C2)cccc1-c1cccc(C(=O)NCCCN2CCC(O)C2)c1C. The molecule has 0 saturated carbocycles. The summed E-state index contributed by atoms with van der Waals surface area (Å²) in [5.74, 6) is 0.822. The van der Waals surface area contributed by atoms with Gasteiger partial charge in [0.1, 0.15) is 5.75 Å². The molecule has 2 unspecified atom stereocenters. The Morgan fingerprint density at radius 3 is 2.17 bits per heavy atom. The molecule has 2 atom stereocenters. The van der Waals surface area contributed by atoms with Gasteiger partial charge in [0.25, 0.3) is 5.91 Å². The Morgan fingerprint density at radius 1 is 0.917 bits per heavy atom. The van der Waals surface area contributed by atoms with E-state index in [1.54, 1.807) is 0 Å². The van der Waals surface area contributed by atoms with E-state index in [-0.39, 0.29) is 18.1 Å². The van der Waals surface area contributed by atoms with Crippen LogP contribution in [0.4, 0.5) is 0 Å². The van der Waals surface area contributed by atoms with Crippen molar-refractivity contribution in [3.63, 3.8) is 0 Å². The largest absolute Gasteiger partial charge is 0.493 e. The van der Waals surface area contributed by atoms with Crippen molar-refractivity contribution >= 4 is 5.91 Å². The summed E-state index contributed by atoms with van der Waals surface area (Å²) in [5.41, 5.74) is 4.85. The number of ether oxygens (including phenoxy) is 1. The number of nitrogens with one attached hydrogen (secondary N) is 1. The fourth-order valence-corrected chi connectivity index (χ4v) is 5.34. The van der Waals surface area contributed by atoms with Gasteiger partial charge in [-0.25, -0.2) is 0 Å². The van der Waals surface area contributed by atoms with Crippen LogP contribution in [0.1, 0.15) is 47.2 Å². The molecule has 2 aromatic rings. The van der Waals surface area contributed by atoms with Crippen LogP contribution in [0.3, 0.4) is 0 Å². The van der Waals surface area contributed by atoms with E-state index in [0.29, 0.717) is 18.7 Å². The lowest BCUT2D eigenvalue weighted by atomic mass is 9.93. The van der Waals surface area contributed by atoms with E-state index >= 15 is 0 Å². The van der Waals surface area contributed by atoms with Crippen molar-refractivity contribution in [2.75, 3.05) is 52.4 Å². The first-order chi connectivity index (χ1) is 17.4. The van der Waals surface area contributed by atoms with Gasteiger partial charge >= 0.3 is 0 Å². The van der Waals surface area contributed by atoms with Crippen LogP contribution in [0.2, 0.25) is 0 Å². The summed E-state index contributed by atoms with van der Waals surface area (Å²) in [6, 6.07) is 12.0. The number of benzene rings is 2. The van der Waals surface area contributed by atoms with Gasteiger partial charge in [-0.15, -0.1) is 0 Å². The summed E-state index contributed by atoms with van der Waals surface area (Å²) in [6.45, 7) is 10.6. The van der Waals surface area contributed by atoms with Crippen LogP contribution in [-0.4, -0.2) is 90.5 Å². The maximum atomic E-state index is 12.9. The van der Waals surface area contributed by atoms with Crippen LogP contribution in [0.15, 0.2) is 36.4 Å². The summed E-state index contributed by atoms with van der Waals surface area (Å²) >= 11 is 0. The Bertz CT molecular complexity index is 1030. The Morgan fingerprint density at radius 2 is 1.53 bits per heavy atom. The van der Waals surface area contributed by atoms with Gasteiger partial charge in [-0.1, -0.05) is 24.3 Å². The predicted octanol–water partition coefficient (Wildman–Crippen LogP) is 2.99. The summed E-state index contributed by atoms with van der Waals surface area (Å²) in [7, 11) is 0. The highest BCUT2D eigenvalue weighted by atomic mass is 16.5. The van der Waals surface area contributed by atoms with Crippen molar-refractivity contribution < 1.29 is 19.7 Å². The molecular formula is C29H41N3O4. The van der Waals surface area contributed by atoms with Gasteiger partial charge in [-0.3, -0.25) is 4.79 Å². The van der Waals surface area contributed by atoms with Crippen molar-refractivity contribution in [2.45, 2.75) is 51.7 Å². The molecule has 0 bridgehead atoms. The van der Waals surface area contributed by atoms with E-state index in [9.17, 15) is 15.0 Å². The maximum absolute atomic E-state index is 12.9. The molecule has 2 saturated heterocycles. The molecular weight excluding hydrogens is 454 g/mol. The lowest BCUT2D eigenvalue weighted by Gasteiger charge is -2.18. The number of rotatable bonds is 11. The van der Waals surface area contributed by atoms with Crippen LogP contribution in [-0.2, 0) is 0 Å². The average molecular weight is 496 g/mol. The highest BCUT2D eigenvalue weighted by Crippen LogP contribution is 2.33. The van der Waals surface area contributed by atoms with Crippen molar-refractivity contribution in [1.82, 2.24) is 15.1 Å². The molecule has 196 valence electrons. The third kappa shape index (κ3) is 6.85. The number of carbonyl (C=O) groups excluding carboxylic acids is 1. The topological polar surface area (TPSA) is 85.3 Å². The van der Waals surface area contributed by atoms with Gasteiger partial charge in [-0.2, -0.15) is 0 Å². The van der Waals surface area contributed by atoms with E-state index < -0.39 is 0 Å². The molecule has 4 rings (SSSR count). The molecule has 7 nitrogen and oxygen atoms in total. The molecule has 36 heavy (non-hydrogen) atoms. The highest BCUT2D eigenvalue weighted by molar-refractivity contribution is 5.97. The van der Waals surface area contributed by atoms with E-state index in [1.165, 1.54) is 0 Å². The van der Waals surface area contributed by atoms with E-state index in [1.807, 2.05) is 31.2 Å². The zero-order valence-corrected chi connectivity index (χ0v) is 21.7. The fraction of sp³-hybridized carbons (Fsp3) is 0.552. The third-order valence-corrected chi connectivity index (χ3v) is 7.46. The standard InChI is InChI=1S/C29H41N3O4/c1-21-25(7-3-9-27(21)29(35)30-13-5-14-31-16-11-23(33)19-31)26-8-4-10-28(22(26)2)36-18-6-15-32-17-12-24(34)20-32/h3-4,7-10,23-24,33-34H,5-6,11-20H2,1-2H3,(H,30,35). The van der Waals surface area contributed by atoms with Crippen LogP contribution >= 0.6 is 0 Å². The monoisotopic (exact) mass is 495 g/mol. The molecule has 0 radical (unpaired) electrons. The molecule has 1 amide bonds. The first-order valence-electron chi connectivity index (χ1n) is 13.3. The number of β-amino-alcohol motifs (C(OH)–C–C–N with tert-alkyl or cyclic N) is 2. The molecule has 0 aromatic heterocycles. The Balaban J connectivity index is 1.33. The number of amides is 1. The van der Waals surface area contributed by atoms with Gasteiger partial charge in [-0.05, 0) is 80.5 Å². The minimum Gasteiger partial charge on any atom is -0.493 e. The van der Waals surface area contributed by atoms with Crippen molar-refractivity contribution in [1.29, 1.82) is 0 Å². The van der Waals surface area contributed by atoms with Crippen LogP contribution in [0, 0.1) is 13.8 Å². The van der Waals surface area contributed by atoms with Gasteiger partial charge in [0.05, 0.1) is 18.8 Å². The first kappa shape index (κ1) is 26.6. The van der Waals surface area contributed by atoms with Crippen molar-refractivity contribution in [2.24, 2.45) is 0 Å². The molecule has 2 aliphatic rings. The summed E-state index contributed by atoms with van der Waals surface area (Å²) in [6.07, 6.45) is 3.10. The Hall–Kier alpha value is -2.45. The number of aliphatic hydroxyl groups is 2. The fourth-order valence-electron chi connectivity index (χ4n) is 5.34. The third-order valence-electron chi connectivity index (χ3n) is 7.46. The molecule has 2 heterocycles. The average Bonchev–Trinajstić information content (AvgIpc) is 3.48. The van der Waals surface area contributed by atoms with Gasteiger partial charge in [0, 0.05) is 44.8 Å². The molecule has 7 heteroatoms. The highest BCUT2D eigenvalue weighted by Gasteiger charge is 2.21. The number of likely N-dealkylation sites (tertiary alicyclic amines) is 2. The van der Waals surface area contributed by atoms with Crippen molar-refractivity contribution in [3.05, 3.63) is 53.1 Å². The second-order valence-corrected chi connectivity index (χ2v) is 10.2. The minimum atomic E-state index is -0.206. The summed E-state index contributed by atoms with van der Waals surface area (Å²) < 4.78 is 6.13. The Labute approximate surface area is 215 Å². The normalized spacial score (nSPS) is 20.7. The molecule has 0 aliphatic carbocycles. The van der Waals surface area contributed by atoms with Crippen LogP contribution in [0.25, 0.3) is 11.1 Å². The van der Waals surface area contributed by atoms with E-state index in [4.69, 9.17) is 4.74 Å². The lowest BCUT2D eigenvalue weighted by molar-refractivity contribution is 0.0951. The van der Waals surface area contributed by atoms with Crippen LogP contribution < -0.4 is 10.1 Å². The first-order valence-corrected chi connectivity index (χ1v) is 13.3. The smallest absolute Gasteiger partial charge is 0.251 e. The number of nitrogens with zero attached hydrogens (tertiary/aromatic N) is 2. The molecule has 2 fully saturated rings. The van der Waals surface area contributed by atoms with Crippen LogP contribution in [0.5, 0.6) is 5.75 Å². The number of carbonyl (C=O) groups is 1. The number of aliphatic hydroxyl groups excluding tert-OH is 2. The molecule has 2 aromatic carbocycles. The summed E-state index contributed by atoms with van der Waals surface area (Å²) in [4.78, 5) is 17.5. The van der Waals surface area contributed by atoms with Gasteiger partial charge in [0.15, 0.2) is 0 Å². The van der Waals surface area contributed by atoms with Gasteiger partial charge in [0.2, 0.25) is 0 Å². The zero-order chi connectivity index (χ0) is 25.5. The molecule has 3 N–H and O–H groups in total. The van der Waals surface area contributed by atoms with Crippen molar-refractivity contribution in [3.8, 4) is 16.9 Å². The minimum absolute atomic E-state index is 0.0482. The van der Waals surface area contributed by atoms with E-state index in [0.717, 1.165) is 93.0 Å². The molecule has 2 aliphatic heterocycles. The predicted molar refractivity (Wildman–Crippen MR) is 143 cm³/mol. The Kier molecular flexibility index (Phi) is 9.37. The number of hydrogen-bond acceptors (Lipinski definition) is 6. The molecule has 0 spiro atoms. The van der Waals surface area contributed by atoms with Gasteiger partial charge < -0.3 is 30.1 Å². The quantitative estimate of drug-likeness (QED) is 0.416. The lowest BCUT2D eigenvalue weighted by Crippen LogP contribution is -2.29. The summed E-state index contributed by atoms with van der Waals surface area (Å²) in [5, 5.41) is 22.4.